The maximum absolute atomic E-state index is 12.8. The second-order valence-electron chi connectivity index (χ2n) is 8.64. The summed E-state index contributed by atoms with van der Waals surface area (Å²) in [5, 5.41) is 3.96. The summed E-state index contributed by atoms with van der Waals surface area (Å²) < 4.78 is 19.8. The van der Waals surface area contributed by atoms with Gasteiger partial charge in [-0.15, -0.1) is 0 Å². The Bertz CT molecular complexity index is 1630. The molecule has 8 nitrogen and oxygen atoms in total. The quantitative estimate of drug-likeness (QED) is 0.0795. The summed E-state index contributed by atoms with van der Waals surface area (Å²) in [5.74, 6) is -1.28. The number of hydrazone groups is 1. The van der Waals surface area contributed by atoms with E-state index in [-0.39, 0.29) is 18.1 Å². The van der Waals surface area contributed by atoms with Gasteiger partial charge in [-0.3, -0.25) is 4.79 Å². The van der Waals surface area contributed by atoms with Gasteiger partial charge in [-0.2, -0.15) is 5.10 Å². The third-order valence-corrected chi connectivity index (χ3v) is 7.66. The molecule has 4 aromatic rings. The minimum Gasteiger partial charge on any atom is -0.481 e. The summed E-state index contributed by atoms with van der Waals surface area (Å²) in [4.78, 5) is 37.9. The predicted molar refractivity (Wildman–Crippen MR) is 172 cm³/mol. The van der Waals surface area contributed by atoms with Gasteiger partial charge in [-0.05, 0) is 129 Å². The molecule has 0 aliphatic heterocycles. The van der Waals surface area contributed by atoms with Gasteiger partial charge < -0.3 is 14.2 Å². The Morgan fingerprint density at radius 2 is 1.26 bits per heavy atom. The SMILES string of the molecule is Cc1cc(Br)c(OCC(=O)N/N=C/c2ccc(OC(=O)c3ccc(Br)cc3)c(OC(=O)c3ccc(Br)cc3)c2)c(Br)c1. The Labute approximate surface area is 275 Å². The van der Waals surface area contributed by atoms with Gasteiger partial charge >= 0.3 is 11.9 Å². The van der Waals surface area contributed by atoms with Crippen molar-refractivity contribution in [2.75, 3.05) is 6.61 Å². The Hall–Kier alpha value is -3.32. The van der Waals surface area contributed by atoms with Crippen LogP contribution in [0.4, 0.5) is 0 Å². The minimum absolute atomic E-state index is 0.0129. The summed E-state index contributed by atoms with van der Waals surface area (Å²) in [6.45, 7) is 1.66. The fraction of sp³-hybridized carbons (Fsp3) is 0.0667. The van der Waals surface area contributed by atoms with Crippen molar-refractivity contribution < 1.29 is 28.6 Å². The third-order valence-electron chi connectivity index (χ3n) is 5.43. The van der Waals surface area contributed by atoms with Crippen molar-refractivity contribution in [3.63, 3.8) is 0 Å². The Morgan fingerprint density at radius 1 is 0.738 bits per heavy atom. The highest BCUT2D eigenvalue weighted by molar-refractivity contribution is 9.11. The van der Waals surface area contributed by atoms with Crippen LogP contribution in [0, 0.1) is 6.92 Å². The lowest BCUT2D eigenvalue weighted by molar-refractivity contribution is -0.123. The van der Waals surface area contributed by atoms with Crippen molar-refractivity contribution >= 4 is 87.8 Å². The zero-order valence-electron chi connectivity index (χ0n) is 21.7. The maximum atomic E-state index is 12.8. The van der Waals surface area contributed by atoms with Crippen LogP contribution in [0.15, 0.2) is 102 Å². The molecule has 0 saturated carbocycles. The summed E-state index contributed by atoms with van der Waals surface area (Å²) in [6.07, 6.45) is 1.35. The molecule has 0 aliphatic rings. The fourth-order valence-corrected chi connectivity index (χ4v) is 5.60. The Balaban J connectivity index is 1.48. The molecule has 0 saturated heterocycles. The first-order valence-electron chi connectivity index (χ1n) is 12.1. The molecule has 0 bridgehead atoms. The molecule has 1 N–H and O–H groups in total. The van der Waals surface area contributed by atoms with Gasteiger partial charge in [0, 0.05) is 8.95 Å². The van der Waals surface area contributed by atoms with E-state index < -0.39 is 17.8 Å². The highest BCUT2D eigenvalue weighted by Crippen LogP contribution is 2.34. The molecule has 4 rings (SSSR count). The number of amides is 1. The van der Waals surface area contributed by atoms with E-state index in [1.807, 2.05) is 19.1 Å². The van der Waals surface area contributed by atoms with E-state index in [4.69, 9.17) is 14.2 Å². The molecule has 4 aromatic carbocycles. The lowest BCUT2D eigenvalue weighted by Gasteiger charge is -2.12. The molecule has 0 radical (unpaired) electrons. The number of aryl methyl sites for hydroxylation is 1. The second-order valence-corrected chi connectivity index (χ2v) is 12.2. The first-order chi connectivity index (χ1) is 20.1. The van der Waals surface area contributed by atoms with Crippen molar-refractivity contribution in [2.45, 2.75) is 6.92 Å². The van der Waals surface area contributed by atoms with E-state index in [0.29, 0.717) is 31.4 Å². The van der Waals surface area contributed by atoms with E-state index >= 15 is 0 Å². The summed E-state index contributed by atoms with van der Waals surface area (Å²) in [6, 6.07) is 21.5. The zero-order chi connectivity index (χ0) is 30.2. The third kappa shape index (κ3) is 8.84. The monoisotopic (exact) mass is 820 g/mol. The van der Waals surface area contributed by atoms with Crippen molar-refractivity contribution in [1.82, 2.24) is 5.43 Å². The van der Waals surface area contributed by atoms with Crippen molar-refractivity contribution in [3.8, 4) is 17.2 Å². The van der Waals surface area contributed by atoms with Crippen LogP contribution >= 0.6 is 63.7 Å². The van der Waals surface area contributed by atoms with Crippen molar-refractivity contribution in [1.29, 1.82) is 0 Å². The van der Waals surface area contributed by atoms with Crippen LogP contribution in [0.3, 0.4) is 0 Å². The minimum atomic E-state index is -0.656. The largest absolute Gasteiger partial charge is 0.481 e. The number of carbonyl (C=O) groups excluding carboxylic acids is 3. The van der Waals surface area contributed by atoms with Crippen LogP contribution < -0.4 is 19.6 Å². The normalized spacial score (nSPS) is 10.8. The molecular weight excluding hydrogens is 804 g/mol. The number of rotatable bonds is 9. The maximum Gasteiger partial charge on any atom is 0.343 e. The molecular formula is C30H20Br4N2O6. The summed E-state index contributed by atoms with van der Waals surface area (Å²) in [7, 11) is 0. The van der Waals surface area contributed by atoms with Crippen LogP contribution in [0.25, 0.3) is 0 Å². The van der Waals surface area contributed by atoms with E-state index in [9.17, 15) is 14.4 Å². The summed E-state index contributed by atoms with van der Waals surface area (Å²) >= 11 is 13.5. The lowest BCUT2D eigenvalue weighted by Crippen LogP contribution is -2.24. The molecule has 0 fully saturated rings. The van der Waals surface area contributed by atoms with Gasteiger partial charge in [-0.1, -0.05) is 31.9 Å². The van der Waals surface area contributed by atoms with Gasteiger partial charge in [0.1, 0.15) is 5.75 Å². The summed E-state index contributed by atoms with van der Waals surface area (Å²) in [5.41, 5.74) is 4.47. The molecule has 0 heterocycles. The lowest BCUT2D eigenvalue weighted by atomic mass is 10.2. The van der Waals surface area contributed by atoms with E-state index in [0.717, 1.165) is 14.5 Å². The number of benzene rings is 4. The van der Waals surface area contributed by atoms with Gasteiger partial charge in [0.05, 0.1) is 26.3 Å². The zero-order valence-corrected chi connectivity index (χ0v) is 28.0. The van der Waals surface area contributed by atoms with Gasteiger partial charge in [-0.25, -0.2) is 15.0 Å². The number of esters is 2. The molecule has 0 atom stereocenters. The Morgan fingerprint density at radius 3 is 1.81 bits per heavy atom. The van der Waals surface area contributed by atoms with E-state index in [1.54, 1.807) is 54.6 Å². The van der Waals surface area contributed by atoms with Gasteiger partial charge in [0.15, 0.2) is 18.1 Å². The molecule has 0 unspecified atom stereocenters. The van der Waals surface area contributed by atoms with Crippen molar-refractivity contribution in [3.05, 3.63) is 119 Å². The first kappa shape index (κ1) is 31.6. The average molecular weight is 824 g/mol. The molecule has 0 spiro atoms. The first-order valence-corrected chi connectivity index (χ1v) is 15.3. The molecule has 1 amide bonds. The molecule has 0 aromatic heterocycles. The van der Waals surface area contributed by atoms with Crippen LogP contribution in [0.2, 0.25) is 0 Å². The van der Waals surface area contributed by atoms with E-state index in [1.165, 1.54) is 18.3 Å². The number of nitrogens with one attached hydrogen (secondary N) is 1. The number of nitrogens with zero attached hydrogens (tertiary/aromatic N) is 1. The molecule has 42 heavy (non-hydrogen) atoms. The number of hydrogen-bond donors (Lipinski definition) is 1. The standard InChI is InChI=1S/C30H20Br4N2O6/c1-17-12-23(33)28(24(34)13-17)40-16-27(37)36-35-15-18-2-11-25(41-29(38)19-3-7-21(31)8-4-19)26(14-18)42-30(39)20-5-9-22(32)10-6-20/h2-15H,16H2,1H3,(H,36,37)/b35-15+. The average Bonchev–Trinajstić information content (AvgIpc) is 2.94. The molecule has 12 heteroatoms. The Kier molecular flexibility index (Phi) is 11.1. The number of carbonyl (C=O) groups is 3. The van der Waals surface area contributed by atoms with E-state index in [2.05, 4.69) is 74.2 Å². The van der Waals surface area contributed by atoms with Crippen LogP contribution in [-0.4, -0.2) is 30.7 Å². The smallest absolute Gasteiger partial charge is 0.343 e. The molecule has 214 valence electrons. The number of halogens is 4. The highest BCUT2D eigenvalue weighted by Gasteiger charge is 2.17. The molecule has 0 aliphatic carbocycles. The number of hydrogen-bond acceptors (Lipinski definition) is 7. The van der Waals surface area contributed by atoms with Gasteiger partial charge in [0.25, 0.3) is 5.91 Å². The predicted octanol–water partition coefficient (Wildman–Crippen LogP) is 8.01. The van der Waals surface area contributed by atoms with Crippen LogP contribution in [-0.2, 0) is 4.79 Å². The highest BCUT2D eigenvalue weighted by atomic mass is 79.9. The fourth-order valence-electron chi connectivity index (χ4n) is 3.43. The van der Waals surface area contributed by atoms with Crippen LogP contribution in [0.1, 0.15) is 31.8 Å². The van der Waals surface area contributed by atoms with Gasteiger partial charge in [0.2, 0.25) is 0 Å². The number of ether oxygens (including phenoxy) is 3. The topological polar surface area (TPSA) is 103 Å². The van der Waals surface area contributed by atoms with Crippen molar-refractivity contribution in [2.24, 2.45) is 5.10 Å². The van der Waals surface area contributed by atoms with Crippen LogP contribution in [0.5, 0.6) is 17.2 Å². The second kappa shape index (κ2) is 14.7.